The van der Waals surface area contributed by atoms with Crippen molar-refractivity contribution in [3.63, 3.8) is 0 Å². The molecule has 118 valence electrons. The van der Waals surface area contributed by atoms with Gasteiger partial charge in [-0.15, -0.1) is 0 Å². The molecule has 0 amide bonds. The number of hydrogen-bond acceptors (Lipinski definition) is 2. The maximum absolute atomic E-state index is 3.70. The SMILES string of the molecule is CCNC(CN1CC(C)CC(C)C1C)c1ccccc1C. The molecular formula is C19H32N2. The summed E-state index contributed by atoms with van der Waals surface area (Å²) in [5.41, 5.74) is 2.85. The van der Waals surface area contributed by atoms with E-state index in [1.807, 2.05) is 0 Å². The maximum Gasteiger partial charge on any atom is 0.0451 e. The number of hydrogen-bond donors (Lipinski definition) is 1. The highest BCUT2D eigenvalue weighted by atomic mass is 15.2. The summed E-state index contributed by atoms with van der Waals surface area (Å²) in [5, 5.41) is 3.70. The van der Waals surface area contributed by atoms with E-state index in [0.717, 1.165) is 24.9 Å². The number of likely N-dealkylation sites (N-methyl/N-ethyl adjacent to an activating group) is 1. The van der Waals surface area contributed by atoms with E-state index in [9.17, 15) is 0 Å². The van der Waals surface area contributed by atoms with E-state index < -0.39 is 0 Å². The van der Waals surface area contributed by atoms with Crippen LogP contribution in [0.4, 0.5) is 0 Å². The lowest BCUT2D eigenvalue weighted by molar-refractivity contribution is 0.0703. The lowest BCUT2D eigenvalue weighted by atomic mass is 9.85. The Morgan fingerprint density at radius 3 is 2.62 bits per heavy atom. The number of nitrogens with zero attached hydrogens (tertiary/aromatic N) is 1. The quantitative estimate of drug-likeness (QED) is 0.880. The summed E-state index contributed by atoms with van der Waals surface area (Å²) in [7, 11) is 0. The van der Waals surface area contributed by atoms with Crippen LogP contribution >= 0.6 is 0 Å². The van der Waals surface area contributed by atoms with Crippen LogP contribution in [0.3, 0.4) is 0 Å². The Hall–Kier alpha value is -0.860. The van der Waals surface area contributed by atoms with E-state index >= 15 is 0 Å². The van der Waals surface area contributed by atoms with Gasteiger partial charge in [-0.2, -0.15) is 0 Å². The third-order valence-corrected chi connectivity index (χ3v) is 5.15. The maximum atomic E-state index is 3.70. The van der Waals surface area contributed by atoms with Crippen LogP contribution in [-0.4, -0.2) is 30.6 Å². The van der Waals surface area contributed by atoms with Gasteiger partial charge in [0.05, 0.1) is 0 Å². The lowest BCUT2D eigenvalue weighted by Crippen LogP contribution is -2.48. The molecule has 0 aromatic heterocycles. The summed E-state index contributed by atoms with van der Waals surface area (Å²) in [4.78, 5) is 2.69. The summed E-state index contributed by atoms with van der Waals surface area (Å²) in [6.07, 6.45) is 1.37. The third kappa shape index (κ3) is 4.08. The predicted octanol–water partition coefficient (Wildman–Crippen LogP) is 4.01. The Bertz CT molecular complexity index is 443. The van der Waals surface area contributed by atoms with Crippen molar-refractivity contribution in [3.05, 3.63) is 35.4 Å². The molecule has 1 saturated heterocycles. The zero-order chi connectivity index (χ0) is 15.4. The molecule has 0 radical (unpaired) electrons. The standard InChI is InChI=1S/C19H32N2/c1-6-20-19(18-10-8-7-9-15(18)3)13-21-12-14(2)11-16(4)17(21)5/h7-10,14,16-17,19-20H,6,11-13H2,1-5H3. The molecule has 4 unspecified atom stereocenters. The van der Waals surface area contributed by atoms with E-state index in [-0.39, 0.29) is 0 Å². The Labute approximate surface area is 130 Å². The minimum Gasteiger partial charge on any atom is -0.309 e. The first-order chi connectivity index (χ1) is 10.0. The van der Waals surface area contributed by atoms with Crippen LogP contribution < -0.4 is 5.32 Å². The molecule has 1 fully saturated rings. The summed E-state index contributed by atoms with van der Waals surface area (Å²) >= 11 is 0. The Kier molecular flexibility index (Phi) is 5.83. The number of rotatable bonds is 5. The zero-order valence-electron chi connectivity index (χ0n) is 14.4. The van der Waals surface area contributed by atoms with E-state index in [2.05, 4.69) is 69.1 Å². The lowest BCUT2D eigenvalue weighted by Gasteiger charge is -2.43. The van der Waals surface area contributed by atoms with Gasteiger partial charge in [-0.1, -0.05) is 45.0 Å². The summed E-state index contributed by atoms with van der Waals surface area (Å²) in [6.45, 7) is 15.0. The zero-order valence-corrected chi connectivity index (χ0v) is 14.4. The van der Waals surface area contributed by atoms with Crippen LogP contribution in [0.1, 0.15) is 51.3 Å². The first kappa shape index (κ1) is 16.5. The molecule has 0 bridgehead atoms. The van der Waals surface area contributed by atoms with E-state index in [0.29, 0.717) is 12.1 Å². The second-order valence-corrected chi connectivity index (χ2v) is 6.98. The van der Waals surface area contributed by atoms with E-state index in [1.165, 1.54) is 24.1 Å². The summed E-state index contributed by atoms with van der Waals surface area (Å²) < 4.78 is 0. The topological polar surface area (TPSA) is 15.3 Å². The second kappa shape index (κ2) is 7.42. The smallest absolute Gasteiger partial charge is 0.0451 e. The minimum absolute atomic E-state index is 0.441. The number of piperidine rings is 1. The fourth-order valence-corrected chi connectivity index (χ4v) is 3.80. The number of nitrogens with one attached hydrogen (secondary N) is 1. The number of likely N-dealkylation sites (tertiary alicyclic amines) is 1. The van der Waals surface area contributed by atoms with Crippen molar-refractivity contribution in [2.45, 2.75) is 53.1 Å². The minimum atomic E-state index is 0.441. The summed E-state index contributed by atoms with van der Waals surface area (Å²) in [5.74, 6) is 1.61. The Balaban J connectivity index is 2.14. The first-order valence-electron chi connectivity index (χ1n) is 8.55. The molecule has 1 aromatic carbocycles. The molecule has 2 rings (SSSR count). The van der Waals surface area contributed by atoms with Crippen molar-refractivity contribution in [2.24, 2.45) is 11.8 Å². The third-order valence-electron chi connectivity index (χ3n) is 5.15. The fraction of sp³-hybridized carbons (Fsp3) is 0.684. The van der Waals surface area contributed by atoms with Gasteiger partial charge in [0, 0.05) is 25.2 Å². The second-order valence-electron chi connectivity index (χ2n) is 6.98. The van der Waals surface area contributed by atoms with Crippen molar-refractivity contribution in [1.29, 1.82) is 0 Å². The molecule has 21 heavy (non-hydrogen) atoms. The van der Waals surface area contributed by atoms with Gasteiger partial charge in [0.2, 0.25) is 0 Å². The van der Waals surface area contributed by atoms with Crippen LogP contribution in [0.5, 0.6) is 0 Å². The van der Waals surface area contributed by atoms with Crippen molar-refractivity contribution >= 4 is 0 Å². The van der Waals surface area contributed by atoms with Crippen molar-refractivity contribution in [2.75, 3.05) is 19.6 Å². The normalized spacial score (nSPS) is 28.5. The van der Waals surface area contributed by atoms with Crippen LogP contribution in [-0.2, 0) is 0 Å². The Morgan fingerprint density at radius 2 is 1.95 bits per heavy atom. The van der Waals surface area contributed by atoms with Crippen LogP contribution in [0.25, 0.3) is 0 Å². The monoisotopic (exact) mass is 288 g/mol. The molecule has 4 atom stereocenters. The van der Waals surface area contributed by atoms with Crippen molar-refractivity contribution in [3.8, 4) is 0 Å². The van der Waals surface area contributed by atoms with Crippen molar-refractivity contribution in [1.82, 2.24) is 10.2 Å². The molecule has 0 aliphatic carbocycles. The molecule has 2 heteroatoms. The van der Waals surface area contributed by atoms with Crippen molar-refractivity contribution < 1.29 is 0 Å². The molecule has 2 nitrogen and oxygen atoms in total. The molecule has 1 N–H and O–H groups in total. The van der Waals surface area contributed by atoms with Gasteiger partial charge in [0.25, 0.3) is 0 Å². The van der Waals surface area contributed by atoms with Gasteiger partial charge in [-0.05, 0) is 49.8 Å². The van der Waals surface area contributed by atoms with Gasteiger partial charge in [-0.25, -0.2) is 0 Å². The van der Waals surface area contributed by atoms with Crippen LogP contribution in [0, 0.1) is 18.8 Å². The molecule has 1 aromatic rings. The highest BCUT2D eigenvalue weighted by molar-refractivity contribution is 5.29. The molecule has 1 aliphatic rings. The predicted molar refractivity (Wildman–Crippen MR) is 91.6 cm³/mol. The largest absolute Gasteiger partial charge is 0.309 e. The first-order valence-corrected chi connectivity index (χ1v) is 8.55. The molecular weight excluding hydrogens is 256 g/mol. The number of aryl methyl sites for hydroxylation is 1. The number of benzene rings is 1. The molecule has 1 aliphatic heterocycles. The van der Waals surface area contributed by atoms with Crippen LogP contribution in [0.2, 0.25) is 0 Å². The molecule has 1 heterocycles. The average Bonchev–Trinajstić information content (AvgIpc) is 2.44. The highest BCUT2D eigenvalue weighted by Crippen LogP contribution is 2.29. The van der Waals surface area contributed by atoms with Gasteiger partial charge >= 0.3 is 0 Å². The van der Waals surface area contributed by atoms with Gasteiger partial charge < -0.3 is 5.32 Å². The van der Waals surface area contributed by atoms with Crippen LogP contribution in [0.15, 0.2) is 24.3 Å². The van der Waals surface area contributed by atoms with Gasteiger partial charge in [0.1, 0.15) is 0 Å². The van der Waals surface area contributed by atoms with Gasteiger partial charge in [-0.3, -0.25) is 4.90 Å². The van der Waals surface area contributed by atoms with E-state index in [1.54, 1.807) is 0 Å². The van der Waals surface area contributed by atoms with Gasteiger partial charge in [0.15, 0.2) is 0 Å². The Morgan fingerprint density at radius 1 is 1.24 bits per heavy atom. The summed E-state index contributed by atoms with van der Waals surface area (Å²) in [6, 6.07) is 9.93. The van der Waals surface area contributed by atoms with E-state index in [4.69, 9.17) is 0 Å². The fourth-order valence-electron chi connectivity index (χ4n) is 3.80. The molecule has 0 saturated carbocycles. The average molecular weight is 288 g/mol. The highest BCUT2D eigenvalue weighted by Gasteiger charge is 2.30. The molecule has 0 spiro atoms.